The summed E-state index contributed by atoms with van der Waals surface area (Å²) in [7, 11) is 0. The number of benzene rings is 2. The standard InChI is InChI=1S/C34H36ClF2N5O4/c35-24-6-11-31(29(37)19-24)45-22-23-18-27(8-9-28(23)36)46-26-12-16-41(17-13-26)21-32-40-30-10-7-25(20-33(43)44)39-34(30)42(32)15-5-3-1-2-4-14-38/h6-11,18-19,26H,1-5,12-13,15-17,20-22H2,(H,43,44). The molecule has 1 fully saturated rings. The summed E-state index contributed by atoms with van der Waals surface area (Å²) in [6.07, 6.45) is 5.61. The quantitative estimate of drug-likeness (QED) is 0.136. The summed E-state index contributed by atoms with van der Waals surface area (Å²) in [4.78, 5) is 23.1. The van der Waals surface area contributed by atoms with E-state index in [1.807, 2.05) is 6.07 Å². The molecule has 12 heteroatoms. The van der Waals surface area contributed by atoms with Crippen LogP contribution < -0.4 is 9.47 Å². The van der Waals surface area contributed by atoms with E-state index in [9.17, 15) is 18.7 Å². The molecule has 1 saturated heterocycles. The summed E-state index contributed by atoms with van der Waals surface area (Å²) in [6.45, 7) is 2.71. The molecule has 0 amide bonds. The Morgan fingerprint density at radius 3 is 2.59 bits per heavy atom. The lowest BCUT2D eigenvalue weighted by molar-refractivity contribution is -0.136. The number of aliphatic carboxylic acids is 1. The van der Waals surface area contributed by atoms with Gasteiger partial charge < -0.3 is 19.1 Å². The minimum Gasteiger partial charge on any atom is -0.490 e. The number of fused-ring (bicyclic) bond motifs is 1. The van der Waals surface area contributed by atoms with Crippen molar-refractivity contribution in [3.05, 3.63) is 82.3 Å². The van der Waals surface area contributed by atoms with Gasteiger partial charge in [0.15, 0.2) is 17.2 Å². The van der Waals surface area contributed by atoms with Gasteiger partial charge in [-0.2, -0.15) is 5.26 Å². The Kier molecular flexibility index (Phi) is 11.4. The van der Waals surface area contributed by atoms with Gasteiger partial charge in [-0.25, -0.2) is 18.7 Å². The third-order valence-electron chi connectivity index (χ3n) is 7.98. The average molecular weight is 652 g/mol. The maximum absolute atomic E-state index is 14.5. The maximum Gasteiger partial charge on any atom is 0.309 e. The van der Waals surface area contributed by atoms with E-state index < -0.39 is 17.6 Å². The molecule has 5 rings (SSSR count). The average Bonchev–Trinajstić information content (AvgIpc) is 3.36. The van der Waals surface area contributed by atoms with Crippen LogP contribution in [-0.4, -0.2) is 49.7 Å². The number of imidazole rings is 1. The fourth-order valence-electron chi connectivity index (χ4n) is 5.58. The third-order valence-corrected chi connectivity index (χ3v) is 8.21. The van der Waals surface area contributed by atoms with E-state index in [0.29, 0.717) is 36.6 Å². The second-order valence-corrected chi connectivity index (χ2v) is 11.9. The zero-order chi connectivity index (χ0) is 32.5. The number of aromatic nitrogens is 3. The van der Waals surface area contributed by atoms with E-state index in [1.165, 1.54) is 18.2 Å². The van der Waals surface area contributed by atoms with Gasteiger partial charge in [-0.05, 0) is 74.2 Å². The number of carboxylic acids is 1. The number of rotatable bonds is 15. The highest BCUT2D eigenvalue weighted by molar-refractivity contribution is 6.30. The Morgan fingerprint density at radius 2 is 1.83 bits per heavy atom. The first-order valence-corrected chi connectivity index (χ1v) is 15.9. The number of aryl methyl sites for hydroxylation is 1. The molecule has 9 nitrogen and oxygen atoms in total. The van der Waals surface area contributed by atoms with Crippen LogP contribution in [-0.2, 0) is 30.9 Å². The Balaban J connectivity index is 1.19. The normalized spacial score (nSPS) is 14.0. The van der Waals surface area contributed by atoms with Crippen LogP contribution in [0.5, 0.6) is 11.5 Å². The molecule has 0 aliphatic carbocycles. The zero-order valence-corrected chi connectivity index (χ0v) is 26.2. The number of hydrogen-bond donors (Lipinski definition) is 1. The lowest BCUT2D eigenvalue weighted by Crippen LogP contribution is -2.38. The van der Waals surface area contributed by atoms with E-state index in [2.05, 4.69) is 20.5 Å². The SMILES string of the molecule is N#CCCCCCCn1c(CN2CCC(Oc3ccc(F)c(COc4ccc(Cl)cc4F)c3)CC2)nc2ccc(CC(=O)O)nc21. The molecule has 1 aliphatic heterocycles. The minimum absolute atomic E-state index is 0.0110. The summed E-state index contributed by atoms with van der Waals surface area (Å²) in [6, 6.07) is 14.3. The van der Waals surface area contributed by atoms with Crippen molar-refractivity contribution in [2.45, 2.75) is 77.2 Å². The molecule has 2 aromatic carbocycles. The first kappa shape index (κ1) is 33.1. The molecule has 4 aromatic rings. The monoisotopic (exact) mass is 651 g/mol. The molecule has 0 bridgehead atoms. The summed E-state index contributed by atoms with van der Waals surface area (Å²) in [5, 5.41) is 18.3. The molecule has 0 radical (unpaired) electrons. The van der Waals surface area contributed by atoms with E-state index >= 15 is 0 Å². The molecular weight excluding hydrogens is 616 g/mol. The second-order valence-electron chi connectivity index (χ2n) is 11.4. The Labute approximate surface area is 271 Å². The maximum atomic E-state index is 14.5. The van der Waals surface area contributed by atoms with Crippen LogP contribution in [0.3, 0.4) is 0 Å². The molecule has 3 heterocycles. The zero-order valence-electron chi connectivity index (χ0n) is 25.4. The number of likely N-dealkylation sites (tertiary alicyclic amines) is 1. The van der Waals surface area contributed by atoms with Crippen LogP contribution in [0.4, 0.5) is 8.78 Å². The van der Waals surface area contributed by atoms with E-state index in [-0.39, 0.29) is 35.5 Å². The summed E-state index contributed by atoms with van der Waals surface area (Å²) < 4.78 is 42.4. The Bertz CT molecular complexity index is 1700. The van der Waals surface area contributed by atoms with Crippen molar-refractivity contribution in [3.63, 3.8) is 0 Å². The fraction of sp³-hybridized carbons (Fsp3) is 0.412. The number of unbranched alkanes of at least 4 members (excludes halogenated alkanes) is 4. The molecular formula is C34H36ClF2N5O4. The van der Waals surface area contributed by atoms with Gasteiger partial charge >= 0.3 is 5.97 Å². The molecule has 0 unspecified atom stereocenters. The number of nitrogens with zero attached hydrogens (tertiary/aromatic N) is 5. The van der Waals surface area contributed by atoms with Crippen LogP contribution >= 0.6 is 11.6 Å². The van der Waals surface area contributed by atoms with Crippen molar-refractivity contribution < 1.29 is 28.2 Å². The van der Waals surface area contributed by atoms with Gasteiger partial charge in [-0.15, -0.1) is 0 Å². The van der Waals surface area contributed by atoms with Crippen LogP contribution in [0.1, 0.15) is 62.0 Å². The number of carboxylic acid groups (broad SMARTS) is 1. The van der Waals surface area contributed by atoms with Crippen LogP contribution in [0.25, 0.3) is 11.2 Å². The summed E-state index contributed by atoms with van der Waals surface area (Å²) >= 11 is 5.79. The fourth-order valence-corrected chi connectivity index (χ4v) is 5.74. The Morgan fingerprint density at radius 1 is 1.02 bits per heavy atom. The summed E-state index contributed by atoms with van der Waals surface area (Å²) in [5.41, 5.74) is 2.18. The molecule has 0 atom stereocenters. The molecule has 242 valence electrons. The predicted octanol–water partition coefficient (Wildman–Crippen LogP) is 7.09. The predicted molar refractivity (Wildman–Crippen MR) is 169 cm³/mol. The van der Waals surface area contributed by atoms with Crippen LogP contribution in [0.15, 0.2) is 48.5 Å². The van der Waals surface area contributed by atoms with E-state index in [0.717, 1.165) is 69.0 Å². The van der Waals surface area contributed by atoms with Crippen molar-refractivity contribution >= 4 is 28.7 Å². The number of piperidine rings is 1. The number of pyridine rings is 1. The van der Waals surface area contributed by atoms with Crippen molar-refractivity contribution in [2.24, 2.45) is 0 Å². The second kappa shape index (κ2) is 15.8. The van der Waals surface area contributed by atoms with Gasteiger partial charge in [-0.1, -0.05) is 24.4 Å². The molecule has 46 heavy (non-hydrogen) atoms. The van der Waals surface area contributed by atoms with Crippen molar-refractivity contribution in [1.82, 2.24) is 19.4 Å². The molecule has 1 aliphatic rings. The molecule has 2 aromatic heterocycles. The molecule has 0 saturated carbocycles. The molecule has 1 N–H and O–H groups in total. The largest absolute Gasteiger partial charge is 0.490 e. The first-order valence-electron chi connectivity index (χ1n) is 15.5. The van der Waals surface area contributed by atoms with Crippen molar-refractivity contribution in [1.29, 1.82) is 5.26 Å². The van der Waals surface area contributed by atoms with E-state index in [1.54, 1.807) is 18.2 Å². The highest BCUT2D eigenvalue weighted by atomic mass is 35.5. The number of nitriles is 1. The lowest BCUT2D eigenvalue weighted by atomic mass is 10.1. The van der Waals surface area contributed by atoms with Gasteiger partial charge in [0.05, 0.1) is 24.7 Å². The van der Waals surface area contributed by atoms with E-state index in [4.69, 9.17) is 31.3 Å². The number of carbonyl (C=O) groups is 1. The van der Waals surface area contributed by atoms with Gasteiger partial charge in [0.2, 0.25) is 0 Å². The summed E-state index contributed by atoms with van der Waals surface area (Å²) in [5.74, 6) is -0.621. The van der Waals surface area contributed by atoms with Crippen molar-refractivity contribution in [2.75, 3.05) is 13.1 Å². The smallest absolute Gasteiger partial charge is 0.309 e. The van der Waals surface area contributed by atoms with Gasteiger partial charge in [0.25, 0.3) is 0 Å². The third kappa shape index (κ3) is 8.92. The molecule has 0 spiro atoms. The topological polar surface area (TPSA) is 114 Å². The number of halogens is 3. The highest BCUT2D eigenvalue weighted by Crippen LogP contribution is 2.26. The first-order chi connectivity index (χ1) is 22.3. The lowest BCUT2D eigenvalue weighted by Gasteiger charge is -2.32. The van der Waals surface area contributed by atoms with Crippen molar-refractivity contribution in [3.8, 4) is 17.6 Å². The van der Waals surface area contributed by atoms with Gasteiger partial charge in [0.1, 0.15) is 35.6 Å². The number of ether oxygens (including phenoxy) is 2. The van der Waals surface area contributed by atoms with Gasteiger partial charge in [0, 0.05) is 36.6 Å². The van der Waals surface area contributed by atoms with Crippen LogP contribution in [0, 0.1) is 23.0 Å². The Hall–Kier alpha value is -4.27. The highest BCUT2D eigenvalue weighted by Gasteiger charge is 2.24. The van der Waals surface area contributed by atoms with Gasteiger partial charge in [-0.3, -0.25) is 9.69 Å². The minimum atomic E-state index is -0.931. The van der Waals surface area contributed by atoms with Crippen LogP contribution in [0.2, 0.25) is 5.02 Å². The number of hydrogen-bond acceptors (Lipinski definition) is 7.